The second-order valence-corrected chi connectivity index (χ2v) is 5.64. The summed E-state index contributed by atoms with van der Waals surface area (Å²) in [7, 11) is 0. The van der Waals surface area contributed by atoms with Gasteiger partial charge in [0.25, 0.3) is 0 Å². The van der Waals surface area contributed by atoms with E-state index >= 15 is 0 Å². The number of aromatic nitrogens is 4. The number of rotatable bonds is 3. The molecule has 21 heavy (non-hydrogen) atoms. The predicted molar refractivity (Wildman–Crippen MR) is 85.8 cm³/mol. The van der Waals surface area contributed by atoms with Crippen molar-refractivity contribution in [2.45, 2.75) is 18.9 Å². The van der Waals surface area contributed by atoms with Crippen LogP contribution in [0.2, 0.25) is 0 Å². The van der Waals surface area contributed by atoms with Crippen LogP contribution in [0, 0.1) is 13.8 Å². The SMILES string of the molecule is CSc1cc(C)c(-c2ccc(-n3ccnc3C)cc2)nn1. The highest BCUT2D eigenvalue weighted by Gasteiger charge is 2.07. The van der Waals surface area contributed by atoms with Gasteiger partial charge in [-0.1, -0.05) is 12.1 Å². The van der Waals surface area contributed by atoms with Crippen molar-refractivity contribution in [1.82, 2.24) is 19.7 Å². The summed E-state index contributed by atoms with van der Waals surface area (Å²) in [6.45, 7) is 4.06. The first-order valence-electron chi connectivity index (χ1n) is 6.68. The number of benzene rings is 1. The summed E-state index contributed by atoms with van der Waals surface area (Å²) in [6.07, 6.45) is 5.77. The lowest BCUT2D eigenvalue weighted by molar-refractivity contribution is 0.924. The molecule has 0 fully saturated rings. The molecule has 2 aromatic heterocycles. The van der Waals surface area contributed by atoms with Gasteiger partial charge in [-0.25, -0.2) is 4.98 Å². The van der Waals surface area contributed by atoms with Gasteiger partial charge in [0.15, 0.2) is 0 Å². The van der Waals surface area contributed by atoms with E-state index in [4.69, 9.17) is 0 Å². The van der Waals surface area contributed by atoms with Crippen LogP contribution in [0.4, 0.5) is 0 Å². The number of hydrogen-bond acceptors (Lipinski definition) is 4. The summed E-state index contributed by atoms with van der Waals surface area (Å²) in [5, 5.41) is 9.50. The molecule has 0 unspecified atom stereocenters. The Hall–Kier alpha value is -2.14. The van der Waals surface area contributed by atoms with Crippen molar-refractivity contribution in [3.8, 4) is 16.9 Å². The molecule has 0 spiro atoms. The molecule has 5 heteroatoms. The van der Waals surface area contributed by atoms with Crippen molar-refractivity contribution >= 4 is 11.8 Å². The number of nitrogens with zero attached hydrogens (tertiary/aromatic N) is 4. The van der Waals surface area contributed by atoms with Crippen LogP contribution in [0.15, 0.2) is 47.8 Å². The molecule has 0 bridgehead atoms. The first-order chi connectivity index (χ1) is 10.2. The fourth-order valence-electron chi connectivity index (χ4n) is 2.28. The standard InChI is InChI=1S/C16H16N4S/c1-11-10-15(21-3)18-19-16(11)13-4-6-14(7-5-13)20-9-8-17-12(20)2/h4-10H,1-3H3. The summed E-state index contributed by atoms with van der Waals surface area (Å²) >= 11 is 1.61. The molecule has 2 heterocycles. The molecule has 0 radical (unpaired) electrons. The van der Waals surface area contributed by atoms with E-state index in [1.807, 2.05) is 19.4 Å². The van der Waals surface area contributed by atoms with Gasteiger partial charge < -0.3 is 4.57 Å². The molecule has 0 aliphatic carbocycles. The lowest BCUT2D eigenvalue weighted by Gasteiger charge is -2.08. The van der Waals surface area contributed by atoms with Crippen LogP contribution >= 0.6 is 11.8 Å². The van der Waals surface area contributed by atoms with Crippen LogP contribution in [-0.2, 0) is 0 Å². The number of hydrogen-bond donors (Lipinski definition) is 0. The zero-order valence-corrected chi connectivity index (χ0v) is 13.1. The molecular weight excluding hydrogens is 280 g/mol. The maximum atomic E-state index is 4.34. The van der Waals surface area contributed by atoms with Crippen LogP contribution in [0.5, 0.6) is 0 Å². The van der Waals surface area contributed by atoms with Gasteiger partial charge >= 0.3 is 0 Å². The molecule has 3 aromatic rings. The third kappa shape index (κ3) is 2.69. The van der Waals surface area contributed by atoms with E-state index in [0.29, 0.717) is 0 Å². The van der Waals surface area contributed by atoms with Crippen LogP contribution < -0.4 is 0 Å². The molecule has 0 saturated carbocycles. The van der Waals surface area contributed by atoms with Gasteiger partial charge in [0, 0.05) is 23.6 Å². The van der Waals surface area contributed by atoms with E-state index < -0.39 is 0 Å². The van der Waals surface area contributed by atoms with Gasteiger partial charge in [0.2, 0.25) is 0 Å². The van der Waals surface area contributed by atoms with E-state index in [1.54, 1.807) is 18.0 Å². The first kappa shape index (κ1) is 13.8. The van der Waals surface area contributed by atoms with Crippen LogP contribution in [0.25, 0.3) is 16.9 Å². The highest BCUT2D eigenvalue weighted by molar-refractivity contribution is 7.98. The van der Waals surface area contributed by atoms with E-state index in [1.165, 1.54) is 0 Å². The van der Waals surface area contributed by atoms with Crippen molar-refractivity contribution in [3.63, 3.8) is 0 Å². The van der Waals surface area contributed by atoms with Crippen LogP contribution in [0.1, 0.15) is 11.4 Å². The molecule has 0 N–H and O–H groups in total. The van der Waals surface area contributed by atoms with Gasteiger partial charge in [-0.3, -0.25) is 0 Å². The molecule has 3 rings (SSSR count). The molecule has 0 aliphatic rings. The smallest absolute Gasteiger partial charge is 0.119 e. The topological polar surface area (TPSA) is 43.6 Å². The fourth-order valence-corrected chi connectivity index (χ4v) is 2.69. The minimum atomic E-state index is 0.932. The van der Waals surface area contributed by atoms with Gasteiger partial charge in [0.1, 0.15) is 10.9 Å². The van der Waals surface area contributed by atoms with Gasteiger partial charge in [-0.2, -0.15) is 0 Å². The highest BCUT2D eigenvalue weighted by atomic mass is 32.2. The normalized spacial score (nSPS) is 10.8. The van der Waals surface area contributed by atoms with Crippen molar-refractivity contribution in [3.05, 3.63) is 54.1 Å². The Morgan fingerprint density at radius 2 is 1.81 bits per heavy atom. The Balaban J connectivity index is 1.96. The Morgan fingerprint density at radius 1 is 1.05 bits per heavy atom. The minimum Gasteiger partial charge on any atom is -0.304 e. The Morgan fingerprint density at radius 3 is 2.38 bits per heavy atom. The Labute approximate surface area is 128 Å². The monoisotopic (exact) mass is 296 g/mol. The van der Waals surface area contributed by atoms with Crippen molar-refractivity contribution < 1.29 is 0 Å². The third-order valence-corrected chi connectivity index (χ3v) is 4.03. The predicted octanol–water partition coefficient (Wildman–Crippen LogP) is 3.67. The number of imidazole rings is 1. The van der Waals surface area contributed by atoms with E-state index in [0.717, 1.165) is 33.4 Å². The van der Waals surface area contributed by atoms with Crippen LogP contribution in [0.3, 0.4) is 0 Å². The zero-order chi connectivity index (χ0) is 14.8. The van der Waals surface area contributed by atoms with Gasteiger partial charge in [0.05, 0.1) is 5.69 Å². The summed E-state index contributed by atoms with van der Waals surface area (Å²) in [4.78, 5) is 4.25. The maximum Gasteiger partial charge on any atom is 0.119 e. The number of thioether (sulfide) groups is 1. The molecule has 0 amide bonds. The van der Waals surface area contributed by atoms with Crippen molar-refractivity contribution in [1.29, 1.82) is 0 Å². The quantitative estimate of drug-likeness (QED) is 0.692. The second kappa shape index (κ2) is 5.69. The van der Waals surface area contributed by atoms with Crippen LogP contribution in [-0.4, -0.2) is 26.0 Å². The average Bonchev–Trinajstić information content (AvgIpc) is 2.93. The Bertz CT molecular complexity index is 762. The van der Waals surface area contributed by atoms with E-state index in [2.05, 4.69) is 57.0 Å². The largest absolute Gasteiger partial charge is 0.304 e. The molecule has 1 aromatic carbocycles. The maximum absolute atomic E-state index is 4.34. The second-order valence-electron chi connectivity index (χ2n) is 4.81. The van der Waals surface area contributed by atoms with E-state index in [9.17, 15) is 0 Å². The fraction of sp³-hybridized carbons (Fsp3) is 0.188. The minimum absolute atomic E-state index is 0.932. The third-order valence-electron chi connectivity index (χ3n) is 3.42. The average molecular weight is 296 g/mol. The molecular formula is C16H16N4S. The van der Waals surface area contributed by atoms with Crippen molar-refractivity contribution in [2.24, 2.45) is 0 Å². The Kier molecular flexibility index (Phi) is 3.75. The van der Waals surface area contributed by atoms with E-state index in [-0.39, 0.29) is 0 Å². The molecule has 4 nitrogen and oxygen atoms in total. The lowest BCUT2D eigenvalue weighted by atomic mass is 10.1. The summed E-state index contributed by atoms with van der Waals surface area (Å²) in [6, 6.07) is 10.4. The number of aryl methyl sites for hydroxylation is 2. The van der Waals surface area contributed by atoms with Gasteiger partial charge in [-0.05, 0) is 43.9 Å². The summed E-state index contributed by atoms with van der Waals surface area (Å²) in [5.74, 6) is 0.975. The van der Waals surface area contributed by atoms with Gasteiger partial charge in [-0.15, -0.1) is 22.0 Å². The first-order valence-corrected chi connectivity index (χ1v) is 7.90. The molecule has 106 valence electrons. The molecule has 0 atom stereocenters. The molecule has 0 aliphatic heterocycles. The van der Waals surface area contributed by atoms with Crippen molar-refractivity contribution in [2.75, 3.05) is 6.26 Å². The molecule has 0 saturated heterocycles. The summed E-state index contributed by atoms with van der Waals surface area (Å²) in [5.41, 5.74) is 4.25. The summed E-state index contributed by atoms with van der Waals surface area (Å²) < 4.78 is 2.05. The highest BCUT2D eigenvalue weighted by Crippen LogP contribution is 2.24. The lowest BCUT2D eigenvalue weighted by Crippen LogP contribution is -1.96. The zero-order valence-electron chi connectivity index (χ0n) is 12.2.